The lowest BCUT2D eigenvalue weighted by Crippen LogP contribution is -2.22. The molecule has 0 aliphatic rings. The van der Waals surface area contributed by atoms with E-state index < -0.39 is 0 Å². The number of benzene rings is 6. The van der Waals surface area contributed by atoms with Crippen molar-refractivity contribution in [3.8, 4) is 11.1 Å². The summed E-state index contributed by atoms with van der Waals surface area (Å²) in [5.74, 6) is 1.66. The van der Waals surface area contributed by atoms with Crippen molar-refractivity contribution >= 4 is 51.4 Å². The molecular formula is C49H41N5. The van der Waals surface area contributed by atoms with Gasteiger partial charge in [0.25, 0.3) is 0 Å². The Bertz CT molecular complexity index is 2270. The van der Waals surface area contributed by atoms with Gasteiger partial charge in [0.1, 0.15) is 11.6 Å². The number of hydrogen-bond donors (Lipinski definition) is 0. The molecule has 0 saturated carbocycles. The summed E-state index contributed by atoms with van der Waals surface area (Å²) in [6.07, 6.45) is 3.73. The third kappa shape index (κ3) is 6.59. The number of rotatable bonds is 10. The van der Waals surface area contributed by atoms with Crippen LogP contribution in [0.3, 0.4) is 0 Å². The Kier molecular flexibility index (Phi) is 9.68. The summed E-state index contributed by atoms with van der Waals surface area (Å²) in [6, 6.07) is 63.3. The van der Waals surface area contributed by atoms with Crippen LogP contribution in [0.2, 0.25) is 0 Å². The molecule has 0 atom stereocenters. The van der Waals surface area contributed by atoms with Gasteiger partial charge in [0.05, 0.1) is 17.1 Å². The molecule has 0 spiro atoms. The van der Waals surface area contributed by atoms with Gasteiger partial charge in [0.15, 0.2) is 0 Å². The molecule has 0 fully saturated rings. The van der Waals surface area contributed by atoms with Crippen LogP contribution in [0.4, 0.5) is 51.4 Å². The zero-order chi connectivity index (χ0) is 36.9. The molecule has 0 saturated heterocycles. The Morgan fingerprint density at radius 2 is 0.667 bits per heavy atom. The number of para-hydroxylation sites is 3. The van der Waals surface area contributed by atoms with Crippen molar-refractivity contribution in [3.63, 3.8) is 0 Å². The van der Waals surface area contributed by atoms with Crippen molar-refractivity contribution in [1.82, 2.24) is 9.97 Å². The Balaban J connectivity index is 1.50. The van der Waals surface area contributed by atoms with Crippen LogP contribution in [-0.4, -0.2) is 9.97 Å². The quantitative estimate of drug-likeness (QED) is 0.142. The number of nitrogens with zero attached hydrogens (tertiary/aromatic N) is 5. The fourth-order valence-electron chi connectivity index (χ4n) is 7.50. The van der Waals surface area contributed by atoms with E-state index in [1.54, 1.807) is 0 Å². The topological polar surface area (TPSA) is 35.5 Å². The third-order valence-electron chi connectivity index (χ3n) is 9.81. The highest BCUT2D eigenvalue weighted by atomic mass is 15.2. The molecule has 0 radical (unpaired) electrons. The average Bonchev–Trinajstić information content (AvgIpc) is 3.24. The molecule has 0 N–H and O–H groups in total. The third-order valence-corrected chi connectivity index (χ3v) is 9.81. The second kappa shape index (κ2) is 15.3. The first-order valence-corrected chi connectivity index (χ1v) is 18.3. The van der Waals surface area contributed by atoms with Crippen LogP contribution in [0.15, 0.2) is 194 Å². The van der Waals surface area contributed by atoms with E-state index in [1.165, 1.54) is 5.56 Å². The Labute approximate surface area is 318 Å². The molecule has 5 nitrogen and oxygen atoms in total. The standard InChI is InChI=1S/C49H41N5/c1-36-47(52(41-24-10-5-11-25-41)44-30-20-23-40(35-44)39-21-8-4-9-22-39)37(2)49(54(43-28-14-7-15-29-43)46-32-17-19-34-51-46)38(3)48(36)53(42-26-12-6-13-27-42)45-31-16-18-33-50-45/h4-35H,1-3H3. The molecule has 0 amide bonds. The maximum absolute atomic E-state index is 4.95. The minimum absolute atomic E-state index is 0.831. The van der Waals surface area contributed by atoms with Gasteiger partial charge in [-0.3, -0.25) is 9.80 Å². The van der Waals surface area contributed by atoms with E-state index in [0.717, 1.165) is 73.7 Å². The largest absolute Gasteiger partial charge is 0.310 e. The van der Waals surface area contributed by atoms with Gasteiger partial charge in [0, 0.05) is 35.1 Å². The summed E-state index contributed by atoms with van der Waals surface area (Å²) in [6.45, 7) is 6.73. The normalized spacial score (nSPS) is 10.9. The summed E-state index contributed by atoms with van der Waals surface area (Å²) < 4.78 is 0. The first kappa shape index (κ1) is 34.1. The molecule has 2 aromatic heterocycles. The lowest BCUT2D eigenvalue weighted by Gasteiger charge is -2.38. The van der Waals surface area contributed by atoms with E-state index in [4.69, 9.17) is 9.97 Å². The molecule has 262 valence electrons. The molecular weight excluding hydrogens is 659 g/mol. The van der Waals surface area contributed by atoms with Crippen molar-refractivity contribution in [2.24, 2.45) is 0 Å². The number of pyridine rings is 2. The fourth-order valence-corrected chi connectivity index (χ4v) is 7.50. The number of anilines is 9. The van der Waals surface area contributed by atoms with Gasteiger partial charge in [-0.05, 0) is 121 Å². The van der Waals surface area contributed by atoms with Gasteiger partial charge in [-0.25, -0.2) is 9.97 Å². The Morgan fingerprint density at radius 3 is 1.09 bits per heavy atom. The zero-order valence-corrected chi connectivity index (χ0v) is 30.7. The summed E-state index contributed by atoms with van der Waals surface area (Å²) >= 11 is 0. The summed E-state index contributed by atoms with van der Waals surface area (Å²) in [5, 5.41) is 0. The lowest BCUT2D eigenvalue weighted by molar-refractivity contribution is 1.10. The molecule has 0 aliphatic carbocycles. The van der Waals surface area contributed by atoms with E-state index in [2.05, 4.69) is 205 Å². The molecule has 5 heteroatoms. The van der Waals surface area contributed by atoms with Crippen LogP contribution < -0.4 is 14.7 Å². The predicted octanol–water partition coefficient (Wildman–Crippen LogP) is 13.5. The summed E-state index contributed by atoms with van der Waals surface area (Å²) in [7, 11) is 0. The van der Waals surface area contributed by atoms with E-state index >= 15 is 0 Å². The average molecular weight is 700 g/mol. The Hall–Kier alpha value is -6.98. The van der Waals surface area contributed by atoms with Crippen LogP contribution in [-0.2, 0) is 0 Å². The summed E-state index contributed by atoms with van der Waals surface area (Å²) in [5.41, 5.74) is 13.0. The number of aromatic nitrogens is 2. The molecule has 8 rings (SSSR count). The minimum atomic E-state index is 0.831. The lowest BCUT2D eigenvalue weighted by atomic mass is 9.94. The second-order valence-corrected chi connectivity index (χ2v) is 13.2. The highest BCUT2D eigenvalue weighted by Gasteiger charge is 2.31. The van der Waals surface area contributed by atoms with Gasteiger partial charge in [-0.2, -0.15) is 0 Å². The molecule has 0 unspecified atom stereocenters. The Morgan fingerprint density at radius 1 is 0.315 bits per heavy atom. The first-order chi connectivity index (χ1) is 26.6. The van der Waals surface area contributed by atoms with Crippen molar-refractivity contribution in [3.05, 3.63) is 211 Å². The van der Waals surface area contributed by atoms with Crippen LogP contribution in [0.1, 0.15) is 16.7 Å². The summed E-state index contributed by atoms with van der Waals surface area (Å²) in [4.78, 5) is 16.9. The highest BCUT2D eigenvalue weighted by molar-refractivity contribution is 5.96. The molecule has 54 heavy (non-hydrogen) atoms. The smallest absolute Gasteiger partial charge is 0.137 e. The van der Waals surface area contributed by atoms with Gasteiger partial charge >= 0.3 is 0 Å². The van der Waals surface area contributed by atoms with Gasteiger partial charge in [0.2, 0.25) is 0 Å². The second-order valence-electron chi connectivity index (χ2n) is 13.2. The van der Waals surface area contributed by atoms with E-state index in [-0.39, 0.29) is 0 Å². The maximum Gasteiger partial charge on any atom is 0.137 e. The molecule has 0 aliphatic heterocycles. The predicted molar refractivity (Wildman–Crippen MR) is 226 cm³/mol. The van der Waals surface area contributed by atoms with E-state index in [9.17, 15) is 0 Å². The van der Waals surface area contributed by atoms with Crippen LogP contribution in [0.25, 0.3) is 11.1 Å². The van der Waals surface area contributed by atoms with Crippen LogP contribution in [0.5, 0.6) is 0 Å². The molecule has 0 bridgehead atoms. The van der Waals surface area contributed by atoms with Gasteiger partial charge in [-0.1, -0.05) is 109 Å². The van der Waals surface area contributed by atoms with Crippen molar-refractivity contribution in [2.45, 2.75) is 20.8 Å². The molecule has 8 aromatic rings. The molecule has 6 aromatic carbocycles. The van der Waals surface area contributed by atoms with Crippen molar-refractivity contribution < 1.29 is 0 Å². The van der Waals surface area contributed by atoms with E-state index in [1.807, 2.05) is 24.5 Å². The number of hydrogen-bond acceptors (Lipinski definition) is 5. The zero-order valence-electron chi connectivity index (χ0n) is 30.7. The maximum atomic E-state index is 4.95. The van der Waals surface area contributed by atoms with Crippen LogP contribution >= 0.6 is 0 Å². The van der Waals surface area contributed by atoms with Crippen LogP contribution in [0, 0.1) is 20.8 Å². The molecule has 2 heterocycles. The SMILES string of the molecule is Cc1c(N(c2ccccc2)c2cccc(-c3ccccc3)c2)c(C)c(N(c2ccccc2)c2ccccn2)c(C)c1N(c1ccccc1)c1ccccn1. The van der Waals surface area contributed by atoms with Gasteiger partial charge in [-0.15, -0.1) is 0 Å². The minimum Gasteiger partial charge on any atom is -0.310 e. The highest BCUT2D eigenvalue weighted by Crippen LogP contribution is 2.53. The van der Waals surface area contributed by atoms with Gasteiger partial charge < -0.3 is 4.90 Å². The van der Waals surface area contributed by atoms with E-state index in [0.29, 0.717) is 0 Å². The van der Waals surface area contributed by atoms with Crippen molar-refractivity contribution in [2.75, 3.05) is 14.7 Å². The van der Waals surface area contributed by atoms with Crippen molar-refractivity contribution in [1.29, 1.82) is 0 Å². The monoisotopic (exact) mass is 699 g/mol. The first-order valence-electron chi connectivity index (χ1n) is 18.3. The fraction of sp³-hybridized carbons (Fsp3) is 0.0612.